The van der Waals surface area contributed by atoms with E-state index < -0.39 is 12.0 Å². The minimum Gasteiger partial charge on any atom is -0.480 e. The summed E-state index contributed by atoms with van der Waals surface area (Å²) >= 11 is 0. The number of carbonyl (C=O) groups is 1. The molecule has 7 nitrogen and oxygen atoms in total. The molecule has 0 radical (unpaired) electrons. The van der Waals surface area contributed by atoms with Gasteiger partial charge in [-0.3, -0.25) is 10.1 Å². The van der Waals surface area contributed by atoms with Gasteiger partial charge in [0.05, 0.1) is 0 Å². The number of nitrogens with one attached hydrogen (secondary N) is 3. The second-order valence-electron chi connectivity index (χ2n) is 6.55. The zero-order valence-corrected chi connectivity index (χ0v) is 14.9. The molecule has 0 aliphatic rings. The summed E-state index contributed by atoms with van der Waals surface area (Å²) in [5, 5.41) is 16.8. The molecule has 1 atom stereocenters. The van der Waals surface area contributed by atoms with Crippen LogP contribution in [-0.2, 0) is 17.8 Å². The Kier molecular flexibility index (Phi) is 5.48. The highest BCUT2D eigenvalue weighted by atomic mass is 16.4. The molecule has 26 heavy (non-hydrogen) atoms. The van der Waals surface area contributed by atoms with E-state index in [4.69, 9.17) is 0 Å². The summed E-state index contributed by atoms with van der Waals surface area (Å²) in [6.45, 7) is 4.42. The van der Waals surface area contributed by atoms with Gasteiger partial charge in [-0.25, -0.2) is 9.97 Å². The molecular formula is C19H23N5O2. The Morgan fingerprint density at radius 1 is 1.23 bits per heavy atom. The van der Waals surface area contributed by atoms with Crippen molar-refractivity contribution in [1.82, 2.24) is 20.3 Å². The van der Waals surface area contributed by atoms with Crippen LogP contribution in [0.1, 0.15) is 25.0 Å². The SMILES string of the molecule is CC(C)Nc1ncc(CN[C@H](Cc2c[nH]c3ccccc23)C(=O)O)cn1. The van der Waals surface area contributed by atoms with E-state index in [-0.39, 0.29) is 6.04 Å². The Morgan fingerprint density at radius 3 is 2.65 bits per heavy atom. The average molecular weight is 353 g/mol. The number of para-hydroxylation sites is 1. The van der Waals surface area contributed by atoms with Gasteiger partial charge < -0.3 is 15.4 Å². The number of nitrogens with zero attached hydrogens (tertiary/aromatic N) is 2. The summed E-state index contributed by atoms with van der Waals surface area (Å²) in [7, 11) is 0. The Morgan fingerprint density at radius 2 is 1.96 bits per heavy atom. The molecule has 0 amide bonds. The lowest BCUT2D eigenvalue weighted by Gasteiger charge is -2.14. The lowest BCUT2D eigenvalue weighted by atomic mass is 10.0. The van der Waals surface area contributed by atoms with E-state index in [2.05, 4.69) is 25.6 Å². The van der Waals surface area contributed by atoms with Gasteiger partial charge >= 0.3 is 5.97 Å². The highest BCUT2D eigenvalue weighted by molar-refractivity contribution is 5.84. The smallest absolute Gasteiger partial charge is 0.321 e. The molecule has 0 bridgehead atoms. The Bertz CT molecular complexity index is 873. The van der Waals surface area contributed by atoms with Crippen molar-refractivity contribution in [1.29, 1.82) is 0 Å². The number of hydrogen-bond acceptors (Lipinski definition) is 5. The molecule has 136 valence electrons. The summed E-state index contributed by atoms with van der Waals surface area (Å²) in [6.07, 6.45) is 5.68. The predicted octanol–water partition coefficient (Wildman–Crippen LogP) is 2.56. The Hall–Kier alpha value is -2.93. The number of fused-ring (bicyclic) bond motifs is 1. The minimum atomic E-state index is -0.880. The molecule has 0 aliphatic heterocycles. The maximum absolute atomic E-state index is 11.6. The summed E-state index contributed by atoms with van der Waals surface area (Å²) < 4.78 is 0. The van der Waals surface area contributed by atoms with E-state index >= 15 is 0 Å². The predicted molar refractivity (Wildman–Crippen MR) is 101 cm³/mol. The van der Waals surface area contributed by atoms with Crippen LogP contribution in [-0.4, -0.2) is 38.1 Å². The van der Waals surface area contributed by atoms with Crippen LogP contribution >= 0.6 is 0 Å². The van der Waals surface area contributed by atoms with Gasteiger partial charge in [0.25, 0.3) is 0 Å². The number of aromatic amines is 1. The van der Waals surface area contributed by atoms with Crippen molar-refractivity contribution in [2.75, 3.05) is 5.32 Å². The number of carboxylic acid groups (broad SMARTS) is 1. The first-order valence-electron chi connectivity index (χ1n) is 8.61. The largest absolute Gasteiger partial charge is 0.480 e. The second kappa shape index (κ2) is 7.97. The summed E-state index contributed by atoms with van der Waals surface area (Å²) in [5.74, 6) is -0.313. The molecule has 0 saturated heterocycles. The van der Waals surface area contributed by atoms with Gasteiger partial charge in [0.15, 0.2) is 0 Å². The Balaban J connectivity index is 1.64. The third-order valence-electron chi connectivity index (χ3n) is 4.07. The first-order chi connectivity index (χ1) is 12.5. The quantitative estimate of drug-likeness (QED) is 0.496. The lowest BCUT2D eigenvalue weighted by molar-refractivity contribution is -0.139. The molecular weight excluding hydrogens is 330 g/mol. The number of rotatable bonds is 8. The van der Waals surface area contributed by atoms with Crippen molar-refractivity contribution in [2.45, 2.75) is 38.9 Å². The monoisotopic (exact) mass is 353 g/mol. The van der Waals surface area contributed by atoms with E-state index in [1.807, 2.05) is 44.3 Å². The van der Waals surface area contributed by atoms with Crippen molar-refractivity contribution in [3.8, 4) is 0 Å². The fourth-order valence-corrected chi connectivity index (χ4v) is 2.79. The van der Waals surface area contributed by atoms with E-state index in [1.165, 1.54) is 0 Å². The number of aromatic nitrogens is 3. The first-order valence-corrected chi connectivity index (χ1v) is 8.61. The molecule has 2 heterocycles. The molecule has 3 rings (SSSR count). The van der Waals surface area contributed by atoms with Gasteiger partial charge in [0.2, 0.25) is 5.95 Å². The highest BCUT2D eigenvalue weighted by Gasteiger charge is 2.19. The molecule has 1 aromatic carbocycles. The van der Waals surface area contributed by atoms with Crippen LogP contribution in [0.4, 0.5) is 5.95 Å². The number of anilines is 1. The molecule has 0 saturated carbocycles. The van der Waals surface area contributed by atoms with Crippen LogP contribution < -0.4 is 10.6 Å². The second-order valence-corrected chi connectivity index (χ2v) is 6.55. The maximum Gasteiger partial charge on any atom is 0.321 e. The van der Waals surface area contributed by atoms with Crippen molar-refractivity contribution >= 4 is 22.8 Å². The van der Waals surface area contributed by atoms with E-state index in [9.17, 15) is 9.90 Å². The lowest BCUT2D eigenvalue weighted by Crippen LogP contribution is -2.38. The number of hydrogen-bond donors (Lipinski definition) is 4. The molecule has 2 aromatic heterocycles. The zero-order chi connectivity index (χ0) is 18.5. The van der Waals surface area contributed by atoms with Gasteiger partial charge in [-0.05, 0) is 25.5 Å². The third-order valence-corrected chi connectivity index (χ3v) is 4.07. The maximum atomic E-state index is 11.6. The number of H-pyrrole nitrogens is 1. The summed E-state index contributed by atoms with van der Waals surface area (Å²) in [6, 6.07) is 7.44. The number of aliphatic carboxylic acids is 1. The molecule has 3 aromatic rings. The van der Waals surface area contributed by atoms with Crippen LogP contribution in [0.25, 0.3) is 10.9 Å². The molecule has 4 N–H and O–H groups in total. The average Bonchev–Trinajstić information content (AvgIpc) is 3.02. The van der Waals surface area contributed by atoms with Crippen LogP contribution in [0.15, 0.2) is 42.9 Å². The molecule has 0 fully saturated rings. The van der Waals surface area contributed by atoms with E-state index in [0.29, 0.717) is 18.9 Å². The first kappa shape index (κ1) is 17.9. The van der Waals surface area contributed by atoms with Crippen LogP contribution in [0.3, 0.4) is 0 Å². The van der Waals surface area contributed by atoms with Crippen molar-refractivity contribution < 1.29 is 9.90 Å². The molecule has 7 heteroatoms. The van der Waals surface area contributed by atoms with Crippen LogP contribution in [0, 0.1) is 0 Å². The fraction of sp³-hybridized carbons (Fsp3) is 0.316. The topological polar surface area (TPSA) is 103 Å². The van der Waals surface area contributed by atoms with E-state index in [1.54, 1.807) is 12.4 Å². The minimum absolute atomic E-state index is 0.256. The number of benzene rings is 1. The molecule has 0 spiro atoms. The van der Waals surface area contributed by atoms with Crippen LogP contribution in [0.5, 0.6) is 0 Å². The molecule has 0 unspecified atom stereocenters. The zero-order valence-electron chi connectivity index (χ0n) is 14.9. The Labute approximate surface area is 151 Å². The standard InChI is InChI=1S/C19H23N5O2/c1-12(2)24-19-22-9-13(10-23-19)8-20-17(18(25)26)7-14-11-21-16-6-4-3-5-15(14)16/h3-6,9-12,17,20-21H,7-8H2,1-2H3,(H,25,26)(H,22,23,24)/t17-/m1/s1. The summed E-state index contributed by atoms with van der Waals surface area (Å²) in [4.78, 5) is 23.3. The van der Waals surface area contributed by atoms with Crippen LogP contribution in [0.2, 0.25) is 0 Å². The third kappa shape index (κ3) is 4.37. The summed E-state index contributed by atoms with van der Waals surface area (Å²) in [5.41, 5.74) is 2.82. The van der Waals surface area contributed by atoms with Gasteiger partial charge in [0, 0.05) is 54.1 Å². The van der Waals surface area contributed by atoms with Gasteiger partial charge in [0.1, 0.15) is 6.04 Å². The van der Waals surface area contributed by atoms with E-state index in [0.717, 1.165) is 22.0 Å². The highest BCUT2D eigenvalue weighted by Crippen LogP contribution is 2.19. The van der Waals surface area contributed by atoms with Gasteiger partial charge in [-0.2, -0.15) is 0 Å². The fourth-order valence-electron chi connectivity index (χ4n) is 2.79. The van der Waals surface area contributed by atoms with Crippen molar-refractivity contribution in [2.24, 2.45) is 0 Å². The number of carboxylic acids is 1. The van der Waals surface area contributed by atoms with Crippen molar-refractivity contribution in [3.05, 3.63) is 54.0 Å². The molecule has 0 aliphatic carbocycles. The van der Waals surface area contributed by atoms with Crippen molar-refractivity contribution in [3.63, 3.8) is 0 Å². The normalized spacial score (nSPS) is 12.4. The van der Waals surface area contributed by atoms with Gasteiger partial charge in [-0.15, -0.1) is 0 Å². The van der Waals surface area contributed by atoms with Gasteiger partial charge in [-0.1, -0.05) is 18.2 Å².